The Morgan fingerprint density at radius 1 is 1.09 bits per heavy atom. The number of aromatic nitrogens is 2. The van der Waals surface area contributed by atoms with Gasteiger partial charge in [0, 0.05) is 31.1 Å². The highest BCUT2D eigenvalue weighted by atomic mass is 16.5. The molecule has 8 heteroatoms. The van der Waals surface area contributed by atoms with Gasteiger partial charge < -0.3 is 20.7 Å². The first-order valence-corrected chi connectivity index (χ1v) is 11.3. The standard InChI is InChI=1S/C26H25N5O3/c1-2-6-22(32)30-15-18(16-30)21-13-14-28-26-23(25(27)33)24(29-31(21)26)17-9-11-20(12-10-17)34-19-7-4-3-5-8-19/h3-5,7-12,18,21,28H,13-16H2,1H3,(H2,27,33). The number of anilines is 1. The number of rotatable bonds is 5. The summed E-state index contributed by atoms with van der Waals surface area (Å²) in [6, 6.07) is 17.1. The first-order valence-electron chi connectivity index (χ1n) is 11.3. The van der Waals surface area contributed by atoms with Gasteiger partial charge in [0.15, 0.2) is 0 Å². The normalized spacial score (nSPS) is 17.0. The summed E-state index contributed by atoms with van der Waals surface area (Å²) >= 11 is 0. The Kier molecular flexibility index (Phi) is 5.68. The van der Waals surface area contributed by atoms with Crippen molar-refractivity contribution in [1.82, 2.24) is 14.7 Å². The summed E-state index contributed by atoms with van der Waals surface area (Å²) in [5.41, 5.74) is 7.49. The van der Waals surface area contributed by atoms with Crippen LogP contribution in [0.25, 0.3) is 11.3 Å². The summed E-state index contributed by atoms with van der Waals surface area (Å²) in [4.78, 5) is 26.2. The smallest absolute Gasteiger partial charge is 0.298 e. The molecule has 0 bridgehead atoms. The maximum Gasteiger partial charge on any atom is 0.298 e. The number of benzene rings is 2. The summed E-state index contributed by atoms with van der Waals surface area (Å²) in [6.45, 7) is 3.62. The number of nitrogens with one attached hydrogen (secondary N) is 1. The van der Waals surface area contributed by atoms with Gasteiger partial charge in [0.05, 0.1) is 6.04 Å². The van der Waals surface area contributed by atoms with Gasteiger partial charge in [0.25, 0.3) is 11.8 Å². The van der Waals surface area contributed by atoms with Gasteiger partial charge >= 0.3 is 0 Å². The van der Waals surface area contributed by atoms with E-state index in [1.165, 1.54) is 0 Å². The fraction of sp³-hybridized carbons (Fsp3) is 0.269. The van der Waals surface area contributed by atoms with Crippen molar-refractivity contribution in [2.24, 2.45) is 11.7 Å². The second-order valence-corrected chi connectivity index (χ2v) is 8.45. The third-order valence-electron chi connectivity index (χ3n) is 6.28. The Balaban J connectivity index is 1.41. The molecule has 3 heterocycles. The molecule has 5 rings (SSSR count). The number of nitrogens with zero attached hydrogens (tertiary/aromatic N) is 3. The minimum Gasteiger partial charge on any atom is -0.457 e. The number of amides is 2. The van der Waals surface area contributed by atoms with Gasteiger partial charge in [-0.05, 0) is 55.7 Å². The van der Waals surface area contributed by atoms with Crippen LogP contribution < -0.4 is 15.8 Å². The highest BCUT2D eigenvalue weighted by Gasteiger charge is 2.40. The number of ether oxygens (including phenoxy) is 1. The van der Waals surface area contributed by atoms with E-state index in [2.05, 4.69) is 17.2 Å². The fourth-order valence-electron chi connectivity index (χ4n) is 4.59. The highest BCUT2D eigenvalue weighted by Crippen LogP contribution is 2.39. The van der Waals surface area contributed by atoms with Crippen molar-refractivity contribution in [3.05, 3.63) is 60.2 Å². The SMILES string of the molecule is CC#CC(=O)N1CC(C2CCNc3c(C(N)=O)c(-c4ccc(Oc5ccccc5)cc4)nn32)C1. The summed E-state index contributed by atoms with van der Waals surface area (Å²) in [6.07, 6.45) is 0.850. The van der Waals surface area contributed by atoms with Gasteiger partial charge in [0.1, 0.15) is 28.6 Å². The topological polar surface area (TPSA) is 102 Å². The molecule has 0 saturated carbocycles. The Morgan fingerprint density at radius 3 is 2.47 bits per heavy atom. The molecule has 0 spiro atoms. The molecule has 0 radical (unpaired) electrons. The van der Waals surface area contributed by atoms with Crippen molar-refractivity contribution in [2.75, 3.05) is 25.0 Å². The Labute approximate surface area is 197 Å². The predicted molar refractivity (Wildman–Crippen MR) is 128 cm³/mol. The zero-order chi connectivity index (χ0) is 23.7. The molecule has 3 aromatic rings. The zero-order valence-electron chi connectivity index (χ0n) is 18.8. The van der Waals surface area contributed by atoms with E-state index in [4.69, 9.17) is 15.6 Å². The van der Waals surface area contributed by atoms with Crippen LogP contribution in [-0.4, -0.2) is 46.1 Å². The van der Waals surface area contributed by atoms with Crippen LogP contribution in [0.15, 0.2) is 54.6 Å². The number of hydrogen-bond donors (Lipinski definition) is 2. The largest absolute Gasteiger partial charge is 0.457 e. The lowest BCUT2D eigenvalue weighted by Gasteiger charge is -2.44. The van der Waals surface area contributed by atoms with Gasteiger partial charge in [-0.3, -0.25) is 9.59 Å². The average molecular weight is 456 g/mol. The summed E-state index contributed by atoms with van der Waals surface area (Å²) in [5.74, 6) is 6.89. The second kappa shape index (κ2) is 8.94. The van der Waals surface area contributed by atoms with Gasteiger partial charge in [-0.25, -0.2) is 4.68 Å². The van der Waals surface area contributed by atoms with Crippen molar-refractivity contribution < 1.29 is 14.3 Å². The lowest BCUT2D eigenvalue weighted by Crippen LogP contribution is -2.53. The van der Waals surface area contributed by atoms with E-state index in [1.807, 2.05) is 59.3 Å². The summed E-state index contributed by atoms with van der Waals surface area (Å²) < 4.78 is 7.75. The van der Waals surface area contributed by atoms with Crippen LogP contribution in [0.1, 0.15) is 29.7 Å². The summed E-state index contributed by atoms with van der Waals surface area (Å²) in [5, 5.41) is 8.13. The van der Waals surface area contributed by atoms with Crippen molar-refractivity contribution >= 4 is 17.6 Å². The molecule has 2 amide bonds. The van der Waals surface area contributed by atoms with Crippen LogP contribution in [0, 0.1) is 17.8 Å². The molecule has 2 aliphatic heterocycles. The minimum atomic E-state index is -0.530. The average Bonchev–Trinajstić information content (AvgIpc) is 3.20. The molecule has 1 fully saturated rings. The van der Waals surface area contributed by atoms with Crippen LogP contribution in [0.5, 0.6) is 11.5 Å². The van der Waals surface area contributed by atoms with Crippen molar-refractivity contribution in [3.8, 4) is 34.6 Å². The summed E-state index contributed by atoms with van der Waals surface area (Å²) in [7, 11) is 0. The number of nitrogens with two attached hydrogens (primary N) is 1. The monoisotopic (exact) mass is 455 g/mol. The quantitative estimate of drug-likeness (QED) is 0.575. The molecule has 1 unspecified atom stereocenters. The van der Waals surface area contributed by atoms with E-state index in [1.54, 1.807) is 11.8 Å². The van der Waals surface area contributed by atoms with Crippen LogP contribution in [0.4, 0.5) is 5.82 Å². The lowest BCUT2D eigenvalue weighted by molar-refractivity contribution is -0.132. The minimum absolute atomic E-state index is 0.0717. The molecular formula is C26H25N5O3. The second-order valence-electron chi connectivity index (χ2n) is 8.45. The molecule has 34 heavy (non-hydrogen) atoms. The molecule has 2 aliphatic rings. The predicted octanol–water partition coefficient (Wildman–Crippen LogP) is 3.28. The number of hydrogen-bond acceptors (Lipinski definition) is 5. The molecule has 1 aromatic heterocycles. The maximum atomic E-state index is 12.4. The van der Waals surface area contributed by atoms with Crippen molar-refractivity contribution in [3.63, 3.8) is 0 Å². The van der Waals surface area contributed by atoms with Gasteiger partial charge in [-0.2, -0.15) is 5.10 Å². The van der Waals surface area contributed by atoms with E-state index in [0.29, 0.717) is 42.5 Å². The van der Waals surface area contributed by atoms with Crippen LogP contribution in [-0.2, 0) is 4.79 Å². The third-order valence-corrected chi connectivity index (χ3v) is 6.28. The number of likely N-dealkylation sites (tertiary alicyclic amines) is 1. The number of carbonyl (C=O) groups excluding carboxylic acids is 2. The first kappa shape index (κ1) is 21.6. The van der Waals surface area contributed by atoms with E-state index >= 15 is 0 Å². The Hall–Kier alpha value is -4.25. The Morgan fingerprint density at radius 2 is 1.79 bits per heavy atom. The van der Waals surface area contributed by atoms with Gasteiger partial charge in [-0.1, -0.05) is 24.1 Å². The van der Waals surface area contributed by atoms with Crippen LogP contribution in [0.3, 0.4) is 0 Å². The maximum absolute atomic E-state index is 12.4. The Bertz CT molecular complexity index is 1280. The first-order chi connectivity index (χ1) is 16.5. The number of primary amides is 1. The van der Waals surface area contributed by atoms with E-state index < -0.39 is 5.91 Å². The fourth-order valence-corrected chi connectivity index (χ4v) is 4.59. The lowest BCUT2D eigenvalue weighted by atomic mass is 9.88. The molecule has 172 valence electrons. The molecular weight excluding hydrogens is 430 g/mol. The van der Waals surface area contributed by atoms with Gasteiger partial charge in [-0.15, -0.1) is 0 Å². The van der Waals surface area contributed by atoms with E-state index in [-0.39, 0.29) is 17.9 Å². The molecule has 8 nitrogen and oxygen atoms in total. The molecule has 3 N–H and O–H groups in total. The zero-order valence-corrected chi connectivity index (χ0v) is 18.8. The van der Waals surface area contributed by atoms with Crippen LogP contribution in [0.2, 0.25) is 0 Å². The molecule has 1 atom stereocenters. The number of fused-ring (bicyclic) bond motifs is 1. The molecule has 2 aromatic carbocycles. The third kappa shape index (κ3) is 3.97. The molecule has 0 aliphatic carbocycles. The van der Waals surface area contributed by atoms with E-state index in [0.717, 1.165) is 17.7 Å². The van der Waals surface area contributed by atoms with Gasteiger partial charge in [0.2, 0.25) is 0 Å². The number of carbonyl (C=O) groups is 2. The number of para-hydroxylation sites is 1. The highest BCUT2D eigenvalue weighted by molar-refractivity contribution is 6.04. The van der Waals surface area contributed by atoms with Crippen molar-refractivity contribution in [2.45, 2.75) is 19.4 Å². The molecule has 1 saturated heterocycles. The van der Waals surface area contributed by atoms with E-state index in [9.17, 15) is 9.59 Å². The van der Waals surface area contributed by atoms with Crippen LogP contribution >= 0.6 is 0 Å². The van der Waals surface area contributed by atoms with Crippen molar-refractivity contribution in [1.29, 1.82) is 0 Å².